The second-order valence-electron chi connectivity index (χ2n) is 6.45. The Balaban J connectivity index is 1.74. The smallest absolute Gasteiger partial charge is 0.275 e. The average Bonchev–Trinajstić information content (AvgIpc) is 3.12. The number of amides is 2. The maximum absolute atomic E-state index is 13.7. The summed E-state index contributed by atoms with van der Waals surface area (Å²) >= 11 is 0. The number of anilines is 1. The Bertz CT molecular complexity index is 900. The highest BCUT2D eigenvalue weighted by molar-refractivity contribution is 5.99. The van der Waals surface area contributed by atoms with Gasteiger partial charge in [0.25, 0.3) is 5.91 Å². The van der Waals surface area contributed by atoms with E-state index in [2.05, 4.69) is 20.8 Å². The molecule has 0 atom stereocenters. The molecule has 2 aromatic rings. The maximum Gasteiger partial charge on any atom is 0.275 e. The summed E-state index contributed by atoms with van der Waals surface area (Å²) in [5, 5.41) is 12.3. The van der Waals surface area contributed by atoms with Crippen molar-refractivity contribution in [2.45, 2.75) is 26.3 Å². The van der Waals surface area contributed by atoms with E-state index in [4.69, 9.17) is 0 Å². The van der Waals surface area contributed by atoms with Crippen molar-refractivity contribution in [1.29, 1.82) is 0 Å². The minimum absolute atomic E-state index is 0.238. The Kier molecular flexibility index (Phi) is 5.98. The first-order valence-electron chi connectivity index (χ1n) is 8.91. The van der Waals surface area contributed by atoms with Crippen molar-refractivity contribution in [2.24, 2.45) is 0 Å². The summed E-state index contributed by atoms with van der Waals surface area (Å²) in [6.07, 6.45) is 1.31. The molecule has 0 bridgehead atoms. The number of hydrogen-bond donors (Lipinski definition) is 3. The summed E-state index contributed by atoms with van der Waals surface area (Å²) in [6, 6.07) is 1.64. The van der Waals surface area contributed by atoms with Crippen LogP contribution in [-0.4, -0.2) is 46.5 Å². The third-order valence-corrected chi connectivity index (χ3v) is 4.43. The van der Waals surface area contributed by atoms with Gasteiger partial charge in [0.1, 0.15) is 6.54 Å². The van der Waals surface area contributed by atoms with Gasteiger partial charge in [-0.3, -0.25) is 14.7 Å². The number of carbonyl (C=O) groups excluding carboxylic acids is 2. The molecule has 0 unspecified atom stereocenters. The number of H-pyrrole nitrogens is 1. The van der Waals surface area contributed by atoms with Crippen LogP contribution in [-0.2, 0) is 17.8 Å². The number of aromatic nitrogens is 2. The van der Waals surface area contributed by atoms with Crippen molar-refractivity contribution in [1.82, 2.24) is 20.4 Å². The van der Waals surface area contributed by atoms with Gasteiger partial charge >= 0.3 is 0 Å². The molecule has 0 saturated carbocycles. The molecule has 0 spiro atoms. The van der Waals surface area contributed by atoms with Crippen LogP contribution < -0.4 is 10.6 Å². The lowest BCUT2D eigenvalue weighted by molar-refractivity contribution is -0.116. The summed E-state index contributed by atoms with van der Waals surface area (Å²) in [6.45, 7) is 3.03. The lowest BCUT2D eigenvalue weighted by atomic mass is 10.1. The van der Waals surface area contributed by atoms with Gasteiger partial charge in [-0.15, -0.1) is 0 Å². The van der Waals surface area contributed by atoms with Crippen LogP contribution in [0.1, 0.15) is 35.1 Å². The minimum Gasteiger partial charge on any atom is -0.328 e. The minimum atomic E-state index is -1.67. The van der Waals surface area contributed by atoms with Crippen molar-refractivity contribution in [3.63, 3.8) is 0 Å². The quantitative estimate of drug-likeness (QED) is 0.653. The van der Waals surface area contributed by atoms with E-state index in [1.54, 1.807) is 0 Å². The fourth-order valence-electron chi connectivity index (χ4n) is 3.06. The molecule has 0 saturated heterocycles. The van der Waals surface area contributed by atoms with Gasteiger partial charge in [0.05, 0.1) is 5.69 Å². The summed E-state index contributed by atoms with van der Waals surface area (Å²) in [5.74, 6) is -5.67. The molecule has 0 fully saturated rings. The van der Waals surface area contributed by atoms with Crippen LogP contribution in [0, 0.1) is 17.5 Å². The van der Waals surface area contributed by atoms with Crippen molar-refractivity contribution in [3.05, 3.63) is 46.5 Å². The maximum atomic E-state index is 13.7. The van der Waals surface area contributed by atoms with E-state index in [9.17, 15) is 22.8 Å². The highest BCUT2D eigenvalue weighted by Gasteiger charge is 2.27. The molecular formula is C18H20F3N5O2. The molecule has 3 N–H and O–H groups in total. The van der Waals surface area contributed by atoms with Crippen molar-refractivity contribution >= 4 is 17.5 Å². The first-order valence-corrected chi connectivity index (χ1v) is 8.91. The van der Waals surface area contributed by atoms with E-state index in [-0.39, 0.29) is 18.8 Å². The number of benzene rings is 1. The summed E-state index contributed by atoms with van der Waals surface area (Å²) < 4.78 is 40.1. The van der Waals surface area contributed by atoms with Gasteiger partial charge in [0.2, 0.25) is 5.91 Å². The van der Waals surface area contributed by atoms with Gasteiger partial charge in [0, 0.05) is 37.3 Å². The average molecular weight is 395 g/mol. The van der Waals surface area contributed by atoms with Gasteiger partial charge in [-0.05, 0) is 18.6 Å². The van der Waals surface area contributed by atoms with Gasteiger partial charge in [-0.1, -0.05) is 6.92 Å². The Hall–Kier alpha value is -2.88. The standard InChI is InChI=1S/C18H20F3N5O2/c1-2-7-26(18(28)17-10-8-22-6-5-12(10)24-25-17)9-14(27)23-13-4-3-11(19)15(20)16(13)21/h3-4,22H,2,5-9H2,1H3,(H,23,27)(H,24,25). The molecule has 10 heteroatoms. The molecule has 1 aliphatic heterocycles. The van der Waals surface area contributed by atoms with E-state index in [1.165, 1.54) is 4.90 Å². The summed E-state index contributed by atoms with van der Waals surface area (Å²) in [4.78, 5) is 26.4. The van der Waals surface area contributed by atoms with Crippen molar-refractivity contribution in [2.75, 3.05) is 25.0 Å². The first kappa shape index (κ1) is 19.9. The van der Waals surface area contributed by atoms with E-state index < -0.39 is 35.0 Å². The Morgan fingerprint density at radius 2 is 2.04 bits per heavy atom. The molecule has 7 nitrogen and oxygen atoms in total. The normalized spacial score (nSPS) is 13.1. The van der Waals surface area contributed by atoms with Crippen LogP contribution in [0.5, 0.6) is 0 Å². The van der Waals surface area contributed by atoms with Crippen LogP contribution in [0.4, 0.5) is 18.9 Å². The van der Waals surface area contributed by atoms with Crippen molar-refractivity contribution < 1.29 is 22.8 Å². The van der Waals surface area contributed by atoms with Gasteiger partial charge in [-0.25, -0.2) is 13.2 Å². The van der Waals surface area contributed by atoms with Crippen molar-refractivity contribution in [3.8, 4) is 0 Å². The van der Waals surface area contributed by atoms with Crippen LogP contribution in [0.2, 0.25) is 0 Å². The van der Waals surface area contributed by atoms with Gasteiger partial charge < -0.3 is 15.5 Å². The van der Waals surface area contributed by atoms with E-state index in [1.807, 2.05) is 6.92 Å². The predicted octanol–water partition coefficient (Wildman–Crippen LogP) is 1.96. The van der Waals surface area contributed by atoms with Crippen LogP contribution in [0.3, 0.4) is 0 Å². The molecule has 0 aliphatic carbocycles. The number of halogens is 3. The topological polar surface area (TPSA) is 90.1 Å². The first-order chi connectivity index (χ1) is 13.4. The number of fused-ring (bicyclic) bond motifs is 1. The number of aromatic amines is 1. The molecule has 0 radical (unpaired) electrons. The molecule has 3 rings (SSSR count). The lowest BCUT2D eigenvalue weighted by Crippen LogP contribution is -2.39. The molecule has 28 heavy (non-hydrogen) atoms. The molecule has 1 aromatic heterocycles. The number of nitrogens with one attached hydrogen (secondary N) is 3. The fraction of sp³-hybridized carbons (Fsp3) is 0.389. The number of hydrogen-bond acceptors (Lipinski definition) is 4. The Morgan fingerprint density at radius 3 is 2.79 bits per heavy atom. The number of nitrogens with zero attached hydrogens (tertiary/aromatic N) is 2. The SMILES string of the molecule is CCCN(CC(=O)Nc1ccc(F)c(F)c1F)C(=O)c1n[nH]c2c1CNCC2. The predicted molar refractivity (Wildman–Crippen MR) is 95.1 cm³/mol. The number of carbonyl (C=O) groups is 2. The molecule has 1 aromatic carbocycles. The van der Waals surface area contributed by atoms with Crippen LogP contribution in [0.15, 0.2) is 12.1 Å². The third-order valence-electron chi connectivity index (χ3n) is 4.43. The second-order valence-corrected chi connectivity index (χ2v) is 6.45. The molecular weight excluding hydrogens is 375 g/mol. The highest BCUT2D eigenvalue weighted by atomic mass is 19.2. The molecule has 2 heterocycles. The van der Waals surface area contributed by atoms with E-state index in [0.29, 0.717) is 19.0 Å². The highest BCUT2D eigenvalue weighted by Crippen LogP contribution is 2.20. The summed E-state index contributed by atoms with van der Waals surface area (Å²) in [7, 11) is 0. The monoisotopic (exact) mass is 395 g/mol. The second kappa shape index (κ2) is 8.42. The van der Waals surface area contributed by atoms with E-state index >= 15 is 0 Å². The summed E-state index contributed by atoms with van der Waals surface area (Å²) in [5.41, 5.74) is 1.40. The third kappa shape index (κ3) is 4.01. The van der Waals surface area contributed by atoms with Gasteiger partial charge in [-0.2, -0.15) is 5.10 Å². The largest absolute Gasteiger partial charge is 0.328 e. The Labute approximate surface area is 159 Å². The molecule has 150 valence electrons. The van der Waals surface area contributed by atoms with E-state index in [0.717, 1.165) is 30.3 Å². The number of rotatable bonds is 6. The zero-order valence-electron chi connectivity index (χ0n) is 15.2. The zero-order chi connectivity index (χ0) is 20.3. The zero-order valence-corrected chi connectivity index (χ0v) is 15.2. The Morgan fingerprint density at radius 1 is 1.25 bits per heavy atom. The molecule has 2 amide bonds. The molecule has 1 aliphatic rings. The fourth-order valence-corrected chi connectivity index (χ4v) is 3.06. The van der Waals surface area contributed by atoms with Crippen LogP contribution >= 0.6 is 0 Å². The van der Waals surface area contributed by atoms with Gasteiger partial charge in [0.15, 0.2) is 23.1 Å². The van der Waals surface area contributed by atoms with Crippen LogP contribution in [0.25, 0.3) is 0 Å². The lowest BCUT2D eigenvalue weighted by Gasteiger charge is -2.22.